The van der Waals surface area contributed by atoms with Crippen molar-refractivity contribution < 1.29 is 9.18 Å². The highest BCUT2D eigenvalue weighted by molar-refractivity contribution is 8.00. The molecule has 1 amide bonds. The Hall–Kier alpha value is -2.38. The highest BCUT2D eigenvalue weighted by atomic mass is 35.5. The smallest absolute Gasteiger partial charge is 0.237 e. The minimum absolute atomic E-state index is 0.160. The normalized spacial score (nSPS) is 14.7. The van der Waals surface area contributed by atoms with E-state index in [0.717, 1.165) is 24.4 Å². The summed E-state index contributed by atoms with van der Waals surface area (Å²) in [5, 5.41) is 7.61. The van der Waals surface area contributed by atoms with Crippen molar-refractivity contribution in [3.05, 3.63) is 65.2 Å². The molecule has 1 N–H and O–H groups in total. The molecule has 1 aliphatic rings. The van der Waals surface area contributed by atoms with Crippen LogP contribution in [0.25, 0.3) is 5.69 Å². The maximum absolute atomic E-state index is 13.2. The van der Waals surface area contributed by atoms with Gasteiger partial charge in [0.05, 0.1) is 21.6 Å². The van der Waals surface area contributed by atoms with Gasteiger partial charge in [-0.25, -0.2) is 14.1 Å². The third kappa shape index (κ3) is 4.20. The monoisotopic (exact) mass is 416 g/mol. The predicted octanol–water partition coefficient (Wildman–Crippen LogP) is 5.06. The summed E-state index contributed by atoms with van der Waals surface area (Å²) in [4.78, 5) is 17.2. The summed E-state index contributed by atoms with van der Waals surface area (Å²) < 4.78 is 15.0. The van der Waals surface area contributed by atoms with Crippen molar-refractivity contribution in [3.8, 4) is 5.69 Å². The molecule has 0 aliphatic heterocycles. The minimum Gasteiger partial charge on any atom is -0.324 e. The van der Waals surface area contributed by atoms with E-state index < -0.39 is 11.1 Å². The van der Waals surface area contributed by atoms with E-state index in [2.05, 4.69) is 15.4 Å². The topological polar surface area (TPSA) is 59.8 Å². The second-order valence-corrected chi connectivity index (χ2v) is 8.36. The fourth-order valence-corrected chi connectivity index (χ4v) is 3.73. The van der Waals surface area contributed by atoms with Gasteiger partial charge < -0.3 is 5.32 Å². The van der Waals surface area contributed by atoms with Gasteiger partial charge in [-0.3, -0.25) is 4.79 Å². The zero-order valence-electron chi connectivity index (χ0n) is 15.1. The molecule has 5 nitrogen and oxygen atoms in total. The number of nitrogens with one attached hydrogen (secondary N) is 1. The summed E-state index contributed by atoms with van der Waals surface area (Å²) in [6.45, 7) is 1.78. The van der Waals surface area contributed by atoms with Crippen LogP contribution in [0, 0.1) is 5.82 Å². The fourth-order valence-electron chi connectivity index (χ4n) is 2.76. The molecule has 0 radical (unpaired) electrons. The standard InChI is InChI=1S/C20H18ClFN4OS/c1-12(19(27)23-17-10-9-14(22)11-16(17)21)28-20-24-18(13-7-8-13)26(25-20)15-5-3-2-4-6-15/h2-6,9-13H,7-8H2,1H3,(H,23,27). The van der Waals surface area contributed by atoms with E-state index in [9.17, 15) is 9.18 Å². The minimum atomic E-state index is -0.450. The highest BCUT2D eigenvalue weighted by Gasteiger charge is 2.31. The lowest BCUT2D eigenvalue weighted by atomic mass is 10.3. The van der Waals surface area contributed by atoms with E-state index in [1.54, 1.807) is 6.92 Å². The van der Waals surface area contributed by atoms with Gasteiger partial charge in [0.25, 0.3) is 0 Å². The number of para-hydroxylation sites is 1. The molecule has 0 saturated heterocycles. The number of hydrogen-bond acceptors (Lipinski definition) is 4. The second-order valence-electron chi connectivity index (χ2n) is 6.65. The number of nitrogens with zero attached hydrogens (tertiary/aromatic N) is 3. The zero-order chi connectivity index (χ0) is 19.7. The van der Waals surface area contributed by atoms with Crippen LogP contribution < -0.4 is 5.32 Å². The first-order valence-electron chi connectivity index (χ1n) is 8.96. The summed E-state index contributed by atoms with van der Waals surface area (Å²) in [6.07, 6.45) is 2.21. The number of amides is 1. The first kappa shape index (κ1) is 19.0. The SMILES string of the molecule is CC(Sc1nc(C2CC2)n(-c2ccccc2)n1)C(=O)Nc1ccc(F)cc1Cl. The highest BCUT2D eigenvalue weighted by Crippen LogP contribution is 2.40. The van der Waals surface area contributed by atoms with Crippen LogP contribution in [0.3, 0.4) is 0 Å². The van der Waals surface area contributed by atoms with Crippen molar-refractivity contribution in [2.24, 2.45) is 0 Å². The zero-order valence-corrected chi connectivity index (χ0v) is 16.7. The van der Waals surface area contributed by atoms with E-state index >= 15 is 0 Å². The third-order valence-electron chi connectivity index (χ3n) is 4.40. The Balaban J connectivity index is 1.50. The van der Waals surface area contributed by atoms with Crippen molar-refractivity contribution in [1.82, 2.24) is 14.8 Å². The second kappa shape index (κ2) is 7.93. The average molecular weight is 417 g/mol. The molecule has 144 valence electrons. The van der Waals surface area contributed by atoms with Crippen LogP contribution in [0.4, 0.5) is 10.1 Å². The Bertz CT molecular complexity index is 1010. The number of carbonyl (C=O) groups excluding carboxylic acids is 1. The van der Waals surface area contributed by atoms with Crippen LogP contribution >= 0.6 is 23.4 Å². The van der Waals surface area contributed by atoms with E-state index in [0.29, 0.717) is 16.8 Å². The van der Waals surface area contributed by atoms with Crippen LogP contribution in [0.2, 0.25) is 5.02 Å². The Morgan fingerprint density at radius 3 is 2.71 bits per heavy atom. The predicted molar refractivity (Wildman–Crippen MR) is 109 cm³/mol. The Kier molecular flexibility index (Phi) is 5.37. The van der Waals surface area contributed by atoms with E-state index in [1.165, 1.54) is 30.0 Å². The maximum atomic E-state index is 13.2. The van der Waals surface area contributed by atoms with Crippen LogP contribution in [0.5, 0.6) is 0 Å². The molecule has 1 saturated carbocycles. The van der Waals surface area contributed by atoms with E-state index in [-0.39, 0.29) is 10.9 Å². The largest absolute Gasteiger partial charge is 0.324 e. The van der Waals surface area contributed by atoms with Gasteiger partial charge >= 0.3 is 0 Å². The summed E-state index contributed by atoms with van der Waals surface area (Å²) in [5.74, 6) is 0.656. The molecule has 2 aromatic carbocycles. The molecule has 1 fully saturated rings. The molecular weight excluding hydrogens is 399 g/mol. The Morgan fingerprint density at radius 1 is 1.29 bits per heavy atom. The molecule has 1 aromatic heterocycles. The number of anilines is 1. The molecule has 1 atom stereocenters. The molecule has 1 aliphatic carbocycles. The molecule has 8 heteroatoms. The number of halogens is 2. The summed E-state index contributed by atoms with van der Waals surface area (Å²) in [7, 11) is 0. The number of thioether (sulfide) groups is 1. The van der Waals surface area contributed by atoms with Crippen molar-refractivity contribution in [1.29, 1.82) is 0 Å². The van der Waals surface area contributed by atoms with Crippen molar-refractivity contribution in [2.75, 3.05) is 5.32 Å². The number of carbonyl (C=O) groups is 1. The lowest BCUT2D eigenvalue weighted by Gasteiger charge is -2.11. The number of benzene rings is 2. The first-order valence-corrected chi connectivity index (χ1v) is 10.2. The lowest BCUT2D eigenvalue weighted by molar-refractivity contribution is -0.115. The average Bonchev–Trinajstić information content (AvgIpc) is 3.45. The van der Waals surface area contributed by atoms with Crippen LogP contribution in [0.15, 0.2) is 53.7 Å². The molecule has 0 bridgehead atoms. The van der Waals surface area contributed by atoms with Gasteiger partial charge in [-0.2, -0.15) is 0 Å². The third-order valence-corrected chi connectivity index (χ3v) is 5.66. The quantitative estimate of drug-likeness (QED) is 0.571. The van der Waals surface area contributed by atoms with E-state index in [1.807, 2.05) is 35.0 Å². The molecular formula is C20H18ClFN4OS. The molecule has 1 unspecified atom stereocenters. The van der Waals surface area contributed by atoms with Gasteiger partial charge in [0.1, 0.15) is 11.6 Å². The van der Waals surface area contributed by atoms with Gasteiger partial charge in [-0.1, -0.05) is 41.6 Å². The van der Waals surface area contributed by atoms with Crippen LogP contribution in [0.1, 0.15) is 31.5 Å². The summed E-state index contributed by atoms with van der Waals surface area (Å²) >= 11 is 7.27. The Labute approximate surface area is 171 Å². The number of aromatic nitrogens is 3. The Morgan fingerprint density at radius 2 is 2.04 bits per heavy atom. The molecule has 4 rings (SSSR count). The van der Waals surface area contributed by atoms with Gasteiger partial charge in [0.2, 0.25) is 11.1 Å². The lowest BCUT2D eigenvalue weighted by Crippen LogP contribution is -2.22. The number of hydrogen-bond donors (Lipinski definition) is 1. The summed E-state index contributed by atoms with van der Waals surface area (Å²) in [6, 6.07) is 13.7. The van der Waals surface area contributed by atoms with Gasteiger partial charge in [0.15, 0.2) is 0 Å². The van der Waals surface area contributed by atoms with Crippen molar-refractivity contribution in [2.45, 2.75) is 36.1 Å². The van der Waals surface area contributed by atoms with Crippen LogP contribution in [-0.4, -0.2) is 25.9 Å². The van der Waals surface area contributed by atoms with Gasteiger partial charge in [-0.05, 0) is 50.1 Å². The fraction of sp³-hybridized carbons (Fsp3) is 0.250. The first-order chi connectivity index (χ1) is 13.5. The maximum Gasteiger partial charge on any atom is 0.237 e. The van der Waals surface area contributed by atoms with Crippen molar-refractivity contribution >= 4 is 35.0 Å². The number of rotatable bonds is 6. The van der Waals surface area contributed by atoms with E-state index in [4.69, 9.17) is 11.6 Å². The van der Waals surface area contributed by atoms with Crippen molar-refractivity contribution in [3.63, 3.8) is 0 Å². The molecule has 0 spiro atoms. The van der Waals surface area contributed by atoms with Crippen LogP contribution in [-0.2, 0) is 4.79 Å². The summed E-state index contributed by atoms with van der Waals surface area (Å²) in [5.41, 5.74) is 1.33. The molecule has 3 aromatic rings. The van der Waals surface area contributed by atoms with Gasteiger partial charge in [0, 0.05) is 5.92 Å². The molecule has 1 heterocycles. The molecule has 28 heavy (non-hydrogen) atoms. The van der Waals surface area contributed by atoms with Gasteiger partial charge in [-0.15, -0.1) is 5.10 Å².